The molecule has 0 aromatic rings. The Balaban J connectivity index is 1.70. The van der Waals surface area contributed by atoms with Crippen molar-refractivity contribution in [1.29, 1.82) is 0 Å². The Labute approximate surface area is 91.2 Å². The first kappa shape index (κ1) is 11.3. The lowest BCUT2D eigenvalue weighted by Crippen LogP contribution is -2.52. The van der Waals surface area contributed by atoms with Gasteiger partial charge in [0.25, 0.3) is 0 Å². The molecule has 2 heterocycles. The van der Waals surface area contributed by atoms with E-state index in [2.05, 4.69) is 16.0 Å². The molecule has 0 amide bonds. The maximum absolute atomic E-state index is 14.2. The van der Waals surface area contributed by atoms with E-state index < -0.39 is 5.67 Å². The maximum Gasteiger partial charge on any atom is 0.135 e. The van der Waals surface area contributed by atoms with E-state index >= 15 is 0 Å². The summed E-state index contributed by atoms with van der Waals surface area (Å²) in [5.41, 5.74) is -1.01. The molecule has 88 valence electrons. The Morgan fingerprint density at radius 3 is 2.67 bits per heavy atom. The van der Waals surface area contributed by atoms with Gasteiger partial charge in [-0.2, -0.15) is 0 Å². The summed E-state index contributed by atoms with van der Waals surface area (Å²) in [6, 6.07) is 0.515. The lowest BCUT2D eigenvalue weighted by molar-refractivity contribution is 0.113. The van der Waals surface area contributed by atoms with Gasteiger partial charge in [0.15, 0.2) is 0 Å². The molecule has 0 spiro atoms. The van der Waals surface area contributed by atoms with Crippen LogP contribution < -0.4 is 16.0 Å². The summed E-state index contributed by atoms with van der Waals surface area (Å²) < 4.78 is 14.2. The molecule has 0 aliphatic carbocycles. The van der Waals surface area contributed by atoms with Crippen molar-refractivity contribution < 1.29 is 4.39 Å². The summed E-state index contributed by atoms with van der Waals surface area (Å²) >= 11 is 0. The molecule has 0 aromatic heterocycles. The minimum Gasteiger partial charge on any atom is -0.317 e. The molecule has 3 N–H and O–H groups in total. The standard InChI is InChI=1S/C11H22FN3/c12-11(4-1-5-14-8-11)9-15-10-2-6-13-7-3-10/h10,13-15H,1-9H2. The van der Waals surface area contributed by atoms with Gasteiger partial charge in [-0.3, -0.25) is 0 Å². The zero-order valence-electron chi connectivity index (χ0n) is 9.32. The highest BCUT2D eigenvalue weighted by Crippen LogP contribution is 2.20. The largest absolute Gasteiger partial charge is 0.317 e. The van der Waals surface area contributed by atoms with Crippen LogP contribution in [-0.2, 0) is 0 Å². The highest BCUT2D eigenvalue weighted by molar-refractivity contribution is 4.89. The third kappa shape index (κ3) is 3.40. The van der Waals surface area contributed by atoms with Gasteiger partial charge in [-0.25, -0.2) is 4.39 Å². The smallest absolute Gasteiger partial charge is 0.135 e. The van der Waals surface area contributed by atoms with Crippen molar-refractivity contribution in [3.8, 4) is 0 Å². The Bertz CT molecular complexity index is 186. The minimum atomic E-state index is -1.01. The average Bonchev–Trinajstić information content (AvgIpc) is 2.29. The average molecular weight is 215 g/mol. The SMILES string of the molecule is FC1(CNC2CCNCC2)CCCNC1. The predicted molar refractivity (Wildman–Crippen MR) is 59.8 cm³/mol. The third-order valence-corrected chi connectivity index (χ3v) is 3.47. The fraction of sp³-hybridized carbons (Fsp3) is 1.00. The van der Waals surface area contributed by atoms with E-state index in [4.69, 9.17) is 0 Å². The van der Waals surface area contributed by atoms with E-state index in [1.54, 1.807) is 0 Å². The van der Waals surface area contributed by atoms with Crippen LogP contribution in [0.3, 0.4) is 0 Å². The second-order valence-corrected chi connectivity index (χ2v) is 4.84. The van der Waals surface area contributed by atoms with Crippen molar-refractivity contribution in [2.24, 2.45) is 0 Å². The van der Waals surface area contributed by atoms with Crippen LogP contribution in [0.4, 0.5) is 4.39 Å². The number of nitrogens with one attached hydrogen (secondary N) is 3. The van der Waals surface area contributed by atoms with E-state index in [-0.39, 0.29) is 0 Å². The van der Waals surface area contributed by atoms with Gasteiger partial charge in [0.1, 0.15) is 5.67 Å². The molecule has 3 nitrogen and oxygen atoms in total. The molecule has 2 fully saturated rings. The number of hydrogen-bond donors (Lipinski definition) is 3. The fourth-order valence-electron chi connectivity index (χ4n) is 2.44. The molecule has 1 unspecified atom stereocenters. The Kier molecular flexibility index (Phi) is 3.94. The van der Waals surface area contributed by atoms with Crippen LogP contribution in [0.1, 0.15) is 25.7 Å². The molecule has 0 radical (unpaired) electrons. The third-order valence-electron chi connectivity index (χ3n) is 3.47. The van der Waals surface area contributed by atoms with Crippen LogP contribution in [0.5, 0.6) is 0 Å². The van der Waals surface area contributed by atoms with Crippen LogP contribution >= 0.6 is 0 Å². The number of hydrogen-bond acceptors (Lipinski definition) is 3. The number of piperidine rings is 2. The van der Waals surface area contributed by atoms with E-state index in [1.165, 1.54) is 0 Å². The predicted octanol–water partition coefficient (Wildman–Crippen LogP) is 0.420. The van der Waals surface area contributed by atoms with E-state index in [9.17, 15) is 4.39 Å². The second kappa shape index (κ2) is 5.23. The van der Waals surface area contributed by atoms with Gasteiger partial charge < -0.3 is 16.0 Å². The van der Waals surface area contributed by atoms with Gasteiger partial charge in [-0.15, -0.1) is 0 Å². The first-order valence-corrected chi connectivity index (χ1v) is 6.12. The van der Waals surface area contributed by atoms with Crippen molar-refractivity contribution in [2.75, 3.05) is 32.7 Å². The van der Waals surface area contributed by atoms with Crippen molar-refractivity contribution in [3.63, 3.8) is 0 Å². The topological polar surface area (TPSA) is 36.1 Å². The molecule has 15 heavy (non-hydrogen) atoms. The number of alkyl halides is 1. The van der Waals surface area contributed by atoms with Crippen molar-refractivity contribution in [3.05, 3.63) is 0 Å². The normalized spacial score (nSPS) is 34.2. The zero-order valence-corrected chi connectivity index (χ0v) is 9.32. The van der Waals surface area contributed by atoms with Gasteiger partial charge in [-0.05, 0) is 45.3 Å². The highest BCUT2D eigenvalue weighted by Gasteiger charge is 2.32. The second-order valence-electron chi connectivity index (χ2n) is 4.84. The summed E-state index contributed by atoms with van der Waals surface area (Å²) in [5.74, 6) is 0. The van der Waals surface area contributed by atoms with Crippen LogP contribution in [0.15, 0.2) is 0 Å². The van der Waals surface area contributed by atoms with E-state index in [1.807, 2.05) is 0 Å². The lowest BCUT2D eigenvalue weighted by atomic mass is 9.95. The minimum absolute atomic E-state index is 0.515. The first-order valence-electron chi connectivity index (χ1n) is 6.12. The molecular weight excluding hydrogens is 193 g/mol. The Morgan fingerprint density at radius 1 is 1.20 bits per heavy atom. The summed E-state index contributed by atoms with van der Waals surface area (Å²) in [4.78, 5) is 0. The van der Waals surface area contributed by atoms with Crippen molar-refractivity contribution >= 4 is 0 Å². The summed E-state index contributed by atoms with van der Waals surface area (Å²) in [5, 5.41) is 9.83. The monoisotopic (exact) mass is 215 g/mol. The zero-order chi connectivity index (χ0) is 10.6. The quantitative estimate of drug-likeness (QED) is 0.638. The molecule has 0 saturated carbocycles. The molecule has 1 atom stereocenters. The van der Waals surface area contributed by atoms with Gasteiger partial charge in [0, 0.05) is 19.1 Å². The molecule has 4 heteroatoms. The van der Waals surface area contributed by atoms with E-state index in [0.717, 1.165) is 38.9 Å². The number of halogens is 1. The molecular formula is C11H22FN3. The summed E-state index contributed by atoms with van der Waals surface area (Å²) in [7, 11) is 0. The molecule has 2 aliphatic heterocycles. The molecule has 0 aromatic carbocycles. The van der Waals surface area contributed by atoms with Gasteiger partial charge in [-0.1, -0.05) is 0 Å². The fourth-order valence-corrected chi connectivity index (χ4v) is 2.44. The van der Waals surface area contributed by atoms with Crippen LogP contribution in [-0.4, -0.2) is 44.4 Å². The molecule has 2 rings (SSSR count). The molecule has 2 saturated heterocycles. The van der Waals surface area contributed by atoms with Crippen molar-refractivity contribution in [2.45, 2.75) is 37.4 Å². The Morgan fingerprint density at radius 2 is 2.00 bits per heavy atom. The van der Waals surface area contributed by atoms with Crippen LogP contribution in [0.2, 0.25) is 0 Å². The number of rotatable bonds is 3. The lowest BCUT2D eigenvalue weighted by Gasteiger charge is -2.33. The van der Waals surface area contributed by atoms with E-state index in [0.29, 0.717) is 25.6 Å². The maximum atomic E-state index is 14.2. The van der Waals surface area contributed by atoms with Gasteiger partial charge in [0.2, 0.25) is 0 Å². The van der Waals surface area contributed by atoms with Gasteiger partial charge >= 0.3 is 0 Å². The summed E-state index contributed by atoms with van der Waals surface area (Å²) in [6.45, 7) is 4.14. The summed E-state index contributed by atoms with van der Waals surface area (Å²) in [6.07, 6.45) is 3.93. The van der Waals surface area contributed by atoms with Gasteiger partial charge in [0.05, 0.1) is 0 Å². The Hall–Kier alpha value is -0.190. The molecule has 2 aliphatic rings. The van der Waals surface area contributed by atoms with Crippen LogP contribution in [0, 0.1) is 0 Å². The van der Waals surface area contributed by atoms with Crippen molar-refractivity contribution in [1.82, 2.24) is 16.0 Å². The van der Waals surface area contributed by atoms with Crippen LogP contribution in [0.25, 0.3) is 0 Å². The first-order chi connectivity index (χ1) is 7.29. The molecule has 0 bridgehead atoms. The highest BCUT2D eigenvalue weighted by atomic mass is 19.1.